The quantitative estimate of drug-likeness (QED) is 0.822. The van der Waals surface area contributed by atoms with Gasteiger partial charge >= 0.3 is 5.97 Å². The lowest BCUT2D eigenvalue weighted by Crippen LogP contribution is -2.02. The van der Waals surface area contributed by atoms with Crippen molar-refractivity contribution < 1.29 is 19.4 Å². The Morgan fingerprint density at radius 2 is 2.20 bits per heavy atom. The zero-order valence-electron chi connectivity index (χ0n) is 11.1. The Bertz CT molecular complexity index is 612. The van der Waals surface area contributed by atoms with Crippen molar-refractivity contribution in [2.24, 2.45) is 0 Å². The predicted molar refractivity (Wildman–Crippen MR) is 75.0 cm³/mol. The second kappa shape index (κ2) is 6.33. The fraction of sp³-hybridized carbons (Fsp3) is 0.231. The Labute approximate surface area is 120 Å². The summed E-state index contributed by atoms with van der Waals surface area (Å²) in [6.45, 7) is 0. The summed E-state index contributed by atoms with van der Waals surface area (Å²) >= 11 is 1.15. The van der Waals surface area contributed by atoms with Crippen molar-refractivity contribution in [2.45, 2.75) is 5.16 Å². The highest BCUT2D eigenvalue weighted by molar-refractivity contribution is 7.99. The van der Waals surface area contributed by atoms with Gasteiger partial charge < -0.3 is 14.6 Å². The van der Waals surface area contributed by atoms with Crippen LogP contribution < -0.4 is 9.47 Å². The van der Waals surface area contributed by atoms with Crippen LogP contribution >= 0.6 is 11.8 Å². The number of imidazole rings is 1. The minimum Gasteiger partial charge on any atom is -0.497 e. The van der Waals surface area contributed by atoms with Gasteiger partial charge in [-0.15, -0.1) is 0 Å². The van der Waals surface area contributed by atoms with Gasteiger partial charge in [-0.3, -0.25) is 9.36 Å². The molecule has 0 unspecified atom stereocenters. The molecule has 0 amide bonds. The molecule has 106 valence electrons. The molecule has 0 atom stereocenters. The maximum absolute atomic E-state index is 10.6. The Balaban J connectivity index is 2.36. The molecule has 0 saturated heterocycles. The molecule has 20 heavy (non-hydrogen) atoms. The molecule has 7 heteroatoms. The van der Waals surface area contributed by atoms with Crippen LogP contribution in [0.2, 0.25) is 0 Å². The fourth-order valence-electron chi connectivity index (χ4n) is 1.69. The predicted octanol–water partition coefficient (Wildman–Crippen LogP) is 2.07. The summed E-state index contributed by atoms with van der Waals surface area (Å²) in [6, 6.07) is 5.41. The van der Waals surface area contributed by atoms with E-state index >= 15 is 0 Å². The van der Waals surface area contributed by atoms with Crippen LogP contribution in [-0.4, -0.2) is 40.6 Å². The molecule has 0 aliphatic heterocycles. The molecular formula is C13H14N2O4S. The Morgan fingerprint density at radius 3 is 2.85 bits per heavy atom. The molecule has 0 bridgehead atoms. The van der Waals surface area contributed by atoms with Gasteiger partial charge in [-0.25, -0.2) is 4.98 Å². The van der Waals surface area contributed by atoms with Crippen LogP contribution in [-0.2, 0) is 4.79 Å². The second-order valence-corrected chi connectivity index (χ2v) is 4.74. The van der Waals surface area contributed by atoms with Crippen molar-refractivity contribution in [3.8, 4) is 17.2 Å². The standard InChI is InChI=1S/C13H14N2O4S/c1-18-9-3-4-10(11(7-9)19-2)15-6-5-14-13(15)20-8-12(16)17/h3-7H,8H2,1-2H3,(H,16,17). The summed E-state index contributed by atoms with van der Waals surface area (Å²) in [7, 11) is 3.15. The van der Waals surface area contributed by atoms with Crippen LogP contribution in [0.5, 0.6) is 11.5 Å². The number of thioether (sulfide) groups is 1. The number of aromatic nitrogens is 2. The highest BCUT2D eigenvalue weighted by Gasteiger charge is 2.12. The van der Waals surface area contributed by atoms with Crippen LogP contribution in [0.25, 0.3) is 5.69 Å². The van der Waals surface area contributed by atoms with Gasteiger partial charge in [0.1, 0.15) is 11.5 Å². The van der Waals surface area contributed by atoms with E-state index in [2.05, 4.69) is 4.98 Å². The summed E-state index contributed by atoms with van der Waals surface area (Å²) in [5, 5.41) is 9.34. The molecule has 2 rings (SSSR count). The summed E-state index contributed by atoms with van der Waals surface area (Å²) in [4.78, 5) is 14.8. The summed E-state index contributed by atoms with van der Waals surface area (Å²) in [5.74, 6) is 0.381. The number of carboxylic acid groups (broad SMARTS) is 1. The van der Waals surface area contributed by atoms with E-state index < -0.39 is 5.97 Å². The Morgan fingerprint density at radius 1 is 1.40 bits per heavy atom. The van der Waals surface area contributed by atoms with Gasteiger partial charge in [0.2, 0.25) is 0 Å². The zero-order chi connectivity index (χ0) is 14.5. The van der Waals surface area contributed by atoms with Crippen molar-refractivity contribution in [1.29, 1.82) is 0 Å². The smallest absolute Gasteiger partial charge is 0.313 e. The average molecular weight is 294 g/mol. The van der Waals surface area contributed by atoms with Crippen molar-refractivity contribution in [3.63, 3.8) is 0 Å². The van der Waals surface area contributed by atoms with Crippen LogP contribution in [0.15, 0.2) is 35.7 Å². The van der Waals surface area contributed by atoms with E-state index in [0.29, 0.717) is 16.7 Å². The first kappa shape index (κ1) is 14.3. The maximum atomic E-state index is 10.6. The van der Waals surface area contributed by atoms with Crippen molar-refractivity contribution >= 4 is 17.7 Å². The van der Waals surface area contributed by atoms with E-state index in [1.54, 1.807) is 37.2 Å². The number of benzene rings is 1. The van der Waals surface area contributed by atoms with E-state index in [1.165, 1.54) is 0 Å². The molecule has 1 heterocycles. The molecule has 2 aromatic rings. The zero-order valence-corrected chi connectivity index (χ0v) is 11.9. The van der Waals surface area contributed by atoms with Crippen molar-refractivity contribution in [1.82, 2.24) is 9.55 Å². The summed E-state index contributed by atoms with van der Waals surface area (Å²) < 4.78 is 12.3. The number of carbonyl (C=O) groups is 1. The largest absolute Gasteiger partial charge is 0.497 e. The van der Waals surface area contributed by atoms with Crippen LogP contribution in [0, 0.1) is 0 Å². The van der Waals surface area contributed by atoms with Gasteiger partial charge in [-0.1, -0.05) is 11.8 Å². The molecular weight excluding hydrogens is 280 g/mol. The Kier molecular flexibility index (Phi) is 4.52. The number of hydrogen-bond donors (Lipinski definition) is 1. The van der Waals surface area contributed by atoms with Gasteiger partial charge in [-0.05, 0) is 12.1 Å². The molecule has 6 nitrogen and oxygen atoms in total. The van der Waals surface area contributed by atoms with Gasteiger partial charge in [0, 0.05) is 18.5 Å². The summed E-state index contributed by atoms with van der Waals surface area (Å²) in [6.07, 6.45) is 3.38. The third-order valence-corrected chi connectivity index (χ3v) is 3.53. The first-order chi connectivity index (χ1) is 9.65. The minimum atomic E-state index is -0.883. The number of carboxylic acids is 1. The molecule has 0 aliphatic carbocycles. The molecule has 1 aromatic carbocycles. The van der Waals surface area contributed by atoms with E-state index in [-0.39, 0.29) is 5.75 Å². The molecule has 0 radical (unpaired) electrons. The third-order valence-electron chi connectivity index (χ3n) is 2.58. The average Bonchev–Trinajstić information content (AvgIpc) is 2.92. The first-order valence-electron chi connectivity index (χ1n) is 5.76. The second-order valence-electron chi connectivity index (χ2n) is 3.80. The van der Waals surface area contributed by atoms with Gasteiger partial charge in [0.25, 0.3) is 0 Å². The minimum absolute atomic E-state index is 0.0461. The molecule has 0 fully saturated rings. The van der Waals surface area contributed by atoms with Gasteiger partial charge in [-0.2, -0.15) is 0 Å². The first-order valence-corrected chi connectivity index (χ1v) is 6.74. The Hall–Kier alpha value is -2.15. The summed E-state index contributed by atoms with van der Waals surface area (Å²) in [5.41, 5.74) is 0.777. The number of methoxy groups -OCH3 is 2. The SMILES string of the molecule is COc1ccc(-n2ccnc2SCC(=O)O)c(OC)c1. The lowest BCUT2D eigenvalue weighted by atomic mass is 10.2. The van der Waals surface area contributed by atoms with Crippen molar-refractivity contribution in [3.05, 3.63) is 30.6 Å². The molecule has 1 aromatic heterocycles. The van der Waals surface area contributed by atoms with Crippen LogP contribution in [0.3, 0.4) is 0 Å². The molecule has 0 aliphatic rings. The van der Waals surface area contributed by atoms with Gasteiger partial charge in [0.05, 0.1) is 25.7 Å². The molecule has 0 spiro atoms. The van der Waals surface area contributed by atoms with E-state index in [4.69, 9.17) is 14.6 Å². The number of aliphatic carboxylic acids is 1. The number of rotatable bonds is 6. The number of hydrogen-bond acceptors (Lipinski definition) is 5. The van der Waals surface area contributed by atoms with Crippen molar-refractivity contribution in [2.75, 3.05) is 20.0 Å². The third kappa shape index (κ3) is 3.05. The topological polar surface area (TPSA) is 73.6 Å². The lowest BCUT2D eigenvalue weighted by Gasteiger charge is -2.12. The number of nitrogens with zero attached hydrogens (tertiary/aromatic N) is 2. The normalized spacial score (nSPS) is 10.3. The van der Waals surface area contributed by atoms with E-state index in [9.17, 15) is 4.79 Å². The fourth-order valence-corrected chi connectivity index (χ4v) is 2.38. The van der Waals surface area contributed by atoms with Crippen LogP contribution in [0.1, 0.15) is 0 Å². The number of ether oxygens (including phenoxy) is 2. The lowest BCUT2D eigenvalue weighted by molar-refractivity contribution is -0.133. The maximum Gasteiger partial charge on any atom is 0.313 e. The van der Waals surface area contributed by atoms with E-state index in [0.717, 1.165) is 17.4 Å². The highest BCUT2D eigenvalue weighted by Crippen LogP contribution is 2.30. The van der Waals surface area contributed by atoms with Crippen LogP contribution in [0.4, 0.5) is 0 Å². The molecule has 1 N–H and O–H groups in total. The molecule has 0 saturated carbocycles. The highest BCUT2D eigenvalue weighted by atomic mass is 32.2. The monoisotopic (exact) mass is 294 g/mol. The van der Waals surface area contributed by atoms with Gasteiger partial charge in [0.15, 0.2) is 5.16 Å². The van der Waals surface area contributed by atoms with E-state index in [1.807, 2.05) is 12.1 Å².